The van der Waals surface area contributed by atoms with Gasteiger partial charge in [0.05, 0.1) is 25.0 Å². The van der Waals surface area contributed by atoms with Gasteiger partial charge in [-0.05, 0) is 60.2 Å². The van der Waals surface area contributed by atoms with Gasteiger partial charge in [0.2, 0.25) is 17.7 Å². The molecule has 3 fully saturated rings. The fraction of sp³-hybridized carbons (Fsp3) is 0.469. The Morgan fingerprint density at radius 1 is 1.07 bits per heavy atom. The van der Waals surface area contributed by atoms with Crippen LogP contribution in [0.15, 0.2) is 60.7 Å². The van der Waals surface area contributed by atoms with Crippen LogP contribution in [0.25, 0.3) is 0 Å². The number of nitrogens with one attached hydrogen (secondary N) is 2. The molecular weight excluding hydrogens is 542 g/mol. The Balaban J connectivity index is 1.31. The molecule has 8 nitrogen and oxygen atoms in total. The second-order valence-electron chi connectivity index (χ2n) is 11.9. The minimum Gasteiger partial charge on any atom is -0.497 e. The number of hydrogen-bond acceptors (Lipinski definition) is 5. The normalized spacial score (nSPS) is 33.5. The first-order chi connectivity index (χ1) is 19.7. The Kier molecular flexibility index (Phi) is 7.32. The summed E-state index contributed by atoms with van der Waals surface area (Å²) < 4.78 is 11.7. The first-order valence-electron chi connectivity index (χ1n) is 14.4. The van der Waals surface area contributed by atoms with Crippen molar-refractivity contribution in [3.8, 4) is 5.75 Å². The predicted octanol–water partition coefficient (Wildman–Crippen LogP) is 4.58. The van der Waals surface area contributed by atoms with Gasteiger partial charge in [0, 0.05) is 23.3 Å². The molecule has 4 aliphatic rings. The molecule has 0 radical (unpaired) electrons. The van der Waals surface area contributed by atoms with Crippen LogP contribution in [-0.2, 0) is 25.7 Å². The van der Waals surface area contributed by atoms with E-state index in [1.165, 1.54) is 0 Å². The number of rotatable bonds is 7. The van der Waals surface area contributed by atoms with Gasteiger partial charge in [-0.2, -0.15) is 0 Å². The van der Waals surface area contributed by atoms with E-state index in [0.29, 0.717) is 28.3 Å². The molecule has 1 spiro atoms. The number of halogens is 1. The molecule has 2 N–H and O–H groups in total. The molecule has 1 saturated carbocycles. The van der Waals surface area contributed by atoms with Crippen LogP contribution in [0.4, 0.5) is 5.69 Å². The highest BCUT2D eigenvalue weighted by Crippen LogP contribution is 2.55. The van der Waals surface area contributed by atoms with Crippen LogP contribution in [0.2, 0.25) is 5.02 Å². The minimum absolute atomic E-state index is 0.0194. The summed E-state index contributed by atoms with van der Waals surface area (Å²) in [7, 11) is 1.58. The topological polar surface area (TPSA) is 97.0 Å². The van der Waals surface area contributed by atoms with E-state index in [1.54, 1.807) is 48.4 Å². The van der Waals surface area contributed by atoms with Gasteiger partial charge in [0.25, 0.3) is 0 Å². The quantitative estimate of drug-likeness (QED) is 0.470. The summed E-state index contributed by atoms with van der Waals surface area (Å²) in [5.74, 6) is -0.897. The highest BCUT2D eigenvalue weighted by molar-refractivity contribution is 6.30. The van der Waals surface area contributed by atoms with Crippen molar-refractivity contribution >= 4 is 35.0 Å². The Hall–Kier alpha value is -3.36. The van der Waals surface area contributed by atoms with Gasteiger partial charge in [0.15, 0.2) is 0 Å². The number of benzene rings is 2. The van der Waals surface area contributed by atoms with E-state index in [4.69, 9.17) is 21.1 Å². The zero-order valence-electron chi connectivity index (χ0n) is 23.5. The van der Waals surface area contributed by atoms with Crippen molar-refractivity contribution < 1.29 is 23.9 Å². The molecule has 6 rings (SSSR count). The molecule has 2 aromatic rings. The van der Waals surface area contributed by atoms with Crippen LogP contribution in [0.3, 0.4) is 0 Å². The number of hydrogen-bond donors (Lipinski definition) is 2. The SMILES string of the molecule is COc1ccc(NC(=O)[C@@H]2[C@@H]3C=C[C@]4(O3)[C@@H]2C(=O)N(Cc2ccc(Cl)cc2)[C@H]4C(=O)N[C@@H]2CCC[C@H](C)[C@H]2C)cc1. The molecule has 3 heterocycles. The Morgan fingerprint density at radius 2 is 1.80 bits per heavy atom. The first-order valence-corrected chi connectivity index (χ1v) is 14.8. The van der Waals surface area contributed by atoms with Gasteiger partial charge in [-0.25, -0.2) is 0 Å². The molecule has 2 aromatic carbocycles. The minimum atomic E-state index is -1.22. The largest absolute Gasteiger partial charge is 0.497 e. The van der Waals surface area contributed by atoms with Crippen LogP contribution in [0.1, 0.15) is 38.7 Å². The summed E-state index contributed by atoms with van der Waals surface area (Å²) in [6.45, 7) is 4.61. The van der Waals surface area contributed by atoms with Crippen molar-refractivity contribution in [3.05, 3.63) is 71.3 Å². The summed E-state index contributed by atoms with van der Waals surface area (Å²) in [4.78, 5) is 43.7. The van der Waals surface area contributed by atoms with E-state index in [1.807, 2.05) is 24.3 Å². The zero-order valence-corrected chi connectivity index (χ0v) is 24.3. The molecule has 216 valence electrons. The Labute approximate surface area is 245 Å². The third kappa shape index (κ3) is 4.81. The fourth-order valence-electron chi connectivity index (χ4n) is 7.17. The molecule has 3 amide bonds. The number of carbonyl (C=O) groups excluding carboxylic acids is 3. The number of fused-ring (bicyclic) bond motifs is 1. The second-order valence-corrected chi connectivity index (χ2v) is 12.3. The third-order valence-corrected chi connectivity index (χ3v) is 9.84. The highest BCUT2D eigenvalue weighted by atomic mass is 35.5. The van der Waals surface area contributed by atoms with Gasteiger partial charge in [-0.3, -0.25) is 14.4 Å². The molecule has 8 atom stereocenters. The van der Waals surface area contributed by atoms with Gasteiger partial charge in [-0.1, -0.05) is 62.6 Å². The summed E-state index contributed by atoms with van der Waals surface area (Å²) in [5, 5.41) is 6.83. The number of ether oxygens (including phenoxy) is 2. The van der Waals surface area contributed by atoms with Crippen molar-refractivity contribution in [1.29, 1.82) is 0 Å². The molecular formula is C32H36ClN3O5. The van der Waals surface area contributed by atoms with Crippen LogP contribution in [0.5, 0.6) is 5.75 Å². The number of amides is 3. The van der Waals surface area contributed by atoms with Crippen molar-refractivity contribution in [1.82, 2.24) is 10.2 Å². The van der Waals surface area contributed by atoms with Gasteiger partial charge in [-0.15, -0.1) is 0 Å². The average molecular weight is 578 g/mol. The number of nitrogens with zero attached hydrogens (tertiary/aromatic N) is 1. The second kappa shape index (κ2) is 10.8. The number of likely N-dealkylation sites (tertiary alicyclic amines) is 1. The summed E-state index contributed by atoms with van der Waals surface area (Å²) in [6, 6.07) is 13.4. The number of methoxy groups -OCH3 is 1. The lowest BCUT2D eigenvalue weighted by Gasteiger charge is -2.38. The van der Waals surface area contributed by atoms with Crippen molar-refractivity contribution in [2.45, 2.75) is 63.4 Å². The molecule has 9 heteroatoms. The first kappa shape index (κ1) is 27.8. The number of anilines is 1. The van der Waals surface area contributed by atoms with Crippen molar-refractivity contribution in [3.63, 3.8) is 0 Å². The van der Waals surface area contributed by atoms with Crippen molar-refractivity contribution in [2.75, 3.05) is 12.4 Å². The van der Waals surface area contributed by atoms with E-state index < -0.39 is 29.6 Å². The van der Waals surface area contributed by atoms with E-state index in [-0.39, 0.29) is 30.3 Å². The van der Waals surface area contributed by atoms with E-state index in [9.17, 15) is 14.4 Å². The lowest BCUT2D eigenvalue weighted by Crippen LogP contribution is -2.57. The Bertz CT molecular complexity index is 1360. The molecule has 1 aliphatic carbocycles. The monoisotopic (exact) mass is 577 g/mol. The van der Waals surface area contributed by atoms with Crippen LogP contribution >= 0.6 is 11.6 Å². The third-order valence-electron chi connectivity index (χ3n) is 9.58. The molecule has 2 bridgehead atoms. The smallest absolute Gasteiger partial charge is 0.246 e. The maximum Gasteiger partial charge on any atom is 0.246 e. The standard InChI is InChI=1S/C32H36ClN3O5/c1-18-5-4-6-24(19(18)2)35-30(38)28-32-16-15-25(41-32)26(29(37)34-22-11-13-23(40-3)14-12-22)27(32)31(39)36(28)17-20-7-9-21(33)10-8-20/h7-16,18-19,24-28H,4-6,17H2,1-3H3,(H,34,37)(H,35,38)/t18-,19+,24+,25-,26+,27-,28-,32-/m0/s1. The molecule has 41 heavy (non-hydrogen) atoms. The van der Waals surface area contributed by atoms with Crippen LogP contribution in [-0.4, -0.2) is 53.5 Å². The van der Waals surface area contributed by atoms with E-state index in [2.05, 4.69) is 24.5 Å². The zero-order chi connectivity index (χ0) is 28.9. The van der Waals surface area contributed by atoms with Gasteiger partial charge >= 0.3 is 0 Å². The van der Waals surface area contributed by atoms with Crippen molar-refractivity contribution in [2.24, 2.45) is 23.7 Å². The molecule has 2 saturated heterocycles. The van der Waals surface area contributed by atoms with E-state index in [0.717, 1.165) is 24.8 Å². The molecule has 0 unspecified atom stereocenters. The highest BCUT2D eigenvalue weighted by Gasteiger charge is 2.72. The fourth-order valence-corrected chi connectivity index (χ4v) is 7.30. The maximum atomic E-state index is 14.2. The average Bonchev–Trinajstić information content (AvgIpc) is 3.60. The predicted molar refractivity (Wildman–Crippen MR) is 155 cm³/mol. The summed E-state index contributed by atoms with van der Waals surface area (Å²) >= 11 is 6.11. The van der Waals surface area contributed by atoms with Gasteiger partial charge < -0.3 is 25.0 Å². The Morgan fingerprint density at radius 3 is 2.51 bits per heavy atom. The molecule has 0 aromatic heterocycles. The van der Waals surface area contributed by atoms with Crippen LogP contribution < -0.4 is 15.4 Å². The van der Waals surface area contributed by atoms with Crippen LogP contribution in [0, 0.1) is 23.7 Å². The lowest BCUT2D eigenvalue weighted by molar-refractivity contribution is -0.142. The van der Waals surface area contributed by atoms with E-state index >= 15 is 0 Å². The summed E-state index contributed by atoms with van der Waals surface area (Å²) in [6.07, 6.45) is 6.17. The summed E-state index contributed by atoms with van der Waals surface area (Å²) in [5.41, 5.74) is 0.216. The lowest BCUT2D eigenvalue weighted by atomic mass is 9.73. The number of carbonyl (C=O) groups is 3. The molecule has 3 aliphatic heterocycles. The van der Waals surface area contributed by atoms with Gasteiger partial charge in [0.1, 0.15) is 17.4 Å². The maximum absolute atomic E-state index is 14.2.